The Morgan fingerprint density at radius 2 is 1.76 bits per heavy atom. The number of phenols is 1. The van der Waals surface area contributed by atoms with Gasteiger partial charge in [-0.15, -0.1) is 0 Å². The van der Waals surface area contributed by atoms with Crippen LogP contribution in [0.25, 0.3) is 6.08 Å². The largest absolute Gasteiger partial charge is 0.508 e. The summed E-state index contributed by atoms with van der Waals surface area (Å²) >= 11 is 0. The molecule has 3 fully saturated rings. The third-order valence-electron chi connectivity index (χ3n) is 6.99. The summed E-state index contributed by atoms with van der Waals surface area (Å²) in [7, 11) is 0. The van der Waals surface area contributed by atoms with Crippen molar-refractivity contribution in [3.8, 4) is 5.75 Å². The molecule has 1 aromatic carbocycles. The number of aromatic hydroxyl groups is 1. The van der Waals surface area contributed by atoms with Gasteiger partial charge in [0.1, 0.15) is 48.0 Å². The van der Waals surface area contributed by atoms with Crippen LogP contribution in [-0.4, -0.2) is 98.7 Å². The summed E-state index contributed by atoms with van der Waals surface area (Å²) in [6.07, 6.45) is -2.62. The highest BCUT2D eigenvalue weighted by molar-refractivity contribution is 5.49. The van der Waals surface area contributed by atoms with Crippen molar-refractivity contribution in [1.82, 2.24) is 0 Å². The van der Waals surface area contributed by atoms with Crippen LogP contribution in [-0.2, 0) is 23.7 Å². The van der Waals surface area contributed by atoms with E-state index in [9.17, 15) is 30.6 Å². The van der Waals surface area contributed by atoms with E-state index in [1.807, 2.05) is 0 Å². The second kappa shape index (κ2) is 9.10. The molecular weight excluding hydrogens is 452 g/mol. The monoisotopic (exact) mass is 480 g/mol. The van der Waals surface area contributed by atoms with Crippen molar-refractivity contribution in [3.05, 3.63) is 48.4 Å². The van der Waals surface area contributed by atoms with Gasteiger partial charge in [0.05, 0.1) is 31.7 Å². The molecule has 0 radical (unpaired) electrons. The minimum Gasteiger partial charge on any atom is -0.508 e. The second-order valence-corrected chi connectivity index (χ2v) is 8.92. The number of hydrogen-bond acceptors (Lipinski definition) is 11. The first-order valence-electron chi connectivity index (χ1n) is 11.1. The summed E-state index contributed by atoms with van der Waals surface area (Å²) in [6, 6.07) is 6.59. The van der Waals surface area contributed by atoms with E-state index in [2.05, 4.69) is 0 Å². The first-order chi connectivity index (χ1) is 16.4. The molecule has 186 valence electrons. The average Bonchev–Trinajstić information content (AvgIpc) is 3.52. The van der Waals surface area contributed by atoms with E-state index < -0.39 is 67.3 Å². The van der Waals surface area contributed by atoms with E-state index in [1.54, 1.807) is 36.4 Å². The molecule has 1 saturated carbocycles. The van der Waals surface area contributed by atoms with E-state index in [-0.39, 0.29) is 18.3 Å². The number of ether oxygens (including phenoxy) is 5. The van der Waals surface area contributed by atoms with Crippen LogP contribution in [0.1, 0.15) is 5.56 Å². The lowest BCUT2D eigenvalue weighted by Crippen LogP contribution is -2.60. The number of aliphatic hydroxyl groups is 5. The zero-order valence-corrected chi connectivity index (χ0v) is 18.0. The molecule has 5 rings (SSSR count). The third-order valence-corrected chi connectivity index (χ3v) is 6.99. The van der Waals surface area contributed by atoms with E-state index in [1.165, 1.54) is 12.5 Å². The van der Waals surface area contributed by atoms with E-state index >= 15 is 0 Å². The highest BCUT2D eigenvalue weighted by Gasteiger charge is 2.77. The van der Waals surface area contributed by atoms with Crippen molar-refractivity contribution in [1.29, 1.82) is 0 Å². The van der Waals surface area contributed by atoms with Crippen molar-refractivity contribution in [3.63, 3.8) is 0 Å². The maximum absolute atomic E-state index is 10.3. The fraction of sp³-hybridized carbons (Fsp3) is 0.565. The summed E-state index contributed by atoms with van der Waals surface area (Å²) in [5.74, 6) is -0.625. The van der Waals surface area contributed by atoms with Crippen LogP contribution in [0.2, 0.25) is 0 Å². The molecule has 3 aliphatic heterocycles. The van der Waals surface area contributed by atoms with Crippen LogP contribution in [0.3, 0.4) is 0 Å². The maximum Gasteiger partial charge on any atom is 0.208 e. The minimum atomic E-state index is -1.59. The fourth-order valence-corrected chi connectivity index (χ4v) is 5.10. The topological polar surface area (TPSA) is 171 Å². The summed E-state index contributed by atoms with van der Waals surface area (Å²) in [5.41, 5.74) is -0.158. The Hall–Kier alpha value is -2.22. The van der Waals surface area contributed by atoms with Gasteiger partial charge in [-0.3, -0.25) is 0 Å². The highest BCUT2D eigenvalue weighted by Crippen LogP contribution is 2.60. The normalized spacial score (nSPS) is 45.0. The molecule has 6 N–H and O–H groups in total. The Morgan fingerprint density at radius 1 is 1.00 bits per heavy atom. The van der Waals surface area contributed by atoms with Crippen molar-refractivity contribution in [2.75, 3.05) is 13.2 Å². The van der Waals surface area contributed by atoms with Gasteiger partial charge in [-0.2, -0.15) is 0 Å². The SMILES string of the molecule is OC[C@H]1O[C@@H](O[C@@H]2OC=C[C@H]3[C@H](O/C=C/c4ccc(O)cc4)[C@@H]4O[C@@]4(CO)[C@@H]23)[C@H](O)[C@@H](O)[C@@H]1O. The first-order valence-corrected chi connectivity index (χ1v) is 11.1. The Bertz CT molecular complexity index is 918. The Balaban J connectivity index is 1.31. The molecule has 1 aromatic rings. The summed E-state index contributed by atoms with van der Waals surface area (Å²) < 4.78 is 28.8. The zero-order valence-electron chi connectivity index (χ0n) is 18.0. The van der Waals surface area contributed by atoms with Gasteiger partial charge >= 0.3 is 0 Å². The van der Waals surface area contributed by atoms with Gasteiger partial charge in [0.2, 0.25) is 6.29 Å². The Morgan fingerprint density at radius 3 is 2.47 bits per heavy atom. The lowest BCUT2D eigenvalue weighted by atomic mass is 9.85. The number of rotatable bonds is 7. The fourth-order valence-electron chi connectivity index (χ4n) is 5.10. The van der Waals surface area contributed by atoms with Gasteiger partial charge in [-0.05, 0) is 29.8 Å². The molecule has 0 aromatic heterocycles. The number of aliphatic hydroxyl groups excluding tert-OH is 5. The lowest BCUT2D eigenvalue weighted by Gasteiger charge is -2.43. The smallest absolute Gasteiger partial charge is 0.208 e. The minimum absolute atomic E-state index is 0.161. The predicted molar refractivity (Wildman–Crippen MR) is 113 cm³/mol. The van der Waals surface area contributed by atoms with Crippen LogP contribution in [0.4, 0.5) is 0 Å². The Labute approximate surface area is 195 Å². The highest BCUT2D eigenvalue weighted by atomic mass is 16.8. The van der Waals surface area contributed by atoms with Gasteiger partial charge in [0.15, 0.2) is 6.29 Å². The molecule has 0 unspecified atom stereocenters. The van der Waals surface area contributed by atoms with Gasteiger partial charge in [0.25, 0.3) is 0 Å². The molecule has 11 atom stereocenters. The molecule has 11 heteroatoms. The lowest BCUT2D eigenvalue weighted by molar-refractivity contribution is -0.344. The molecule has 0 spiro atoms. The third kappa shape index (κ3) is 3.88. The molecule has 1 aliphatic carbocycles. The average molecular weight is 480 g/mol. The van der Waals surface area contributed by atoms with Crippen molar-refractivity contribution >= 4 is 6.08 Å². The van der Waals surface area contributed by atoms with Gasteiger partial charge in [-0.25, -0.2) is 0 Å². The van der Waals surface area contributed by atoms with Gasteiger partial charge < -0.3 is 54.3 Å². The van der Waals surface area contributed by atoms with Crippen molar-refractivity contribution in [2.45, 2.75) is 54.8 Å². The van der Waals surface area contributed by atoms with Crippen LogP contribution < -0.4 is 0 Å². The maximum atomic E-state index is 10.3. The van der Waals surface area contributed by atoms with Crippen LogP contribution in [0.5, 0.6) is 5.75 Å². The standard InChI is InChI=1S/C23H28O11/c24-9-14-16(27)17(28)18(29)22(32-14)33-21-15-13(6-8-31-21)19(20-23(15,10-25)34-20)30-7-5-11-1-3-12(26)4-2-11/h1-8,13-22,24-29H,9-10H2/b7-5+/t13-,14-,15-,16-,17+,18-,19+,20+,21+,22+,23+/m1/s1. The number of epoxide rings is 1. The quantitative estimate of drug-likeness (QED) is 0.205. The molecular formula is C23H28O11. The van der Waals surface area contributed by atoms with Crippen LogP contribution in [0, 0.1) is 11.8 Å². The van der Waals surface area contributed by atoms with E-state index in [0.717, 1.165) is 5.56 Å². The molecule has 3 heterocycles. The zero-order chi connectivity index (χ0) is 24.0. The van der Waals surface area contributed by atoms with Gasteiger partial charge in [-0.1, -0.05) is 12.1 Å². The molecule has 11 nitrogen and oxygen atoms in total. The molecule has 34 heavy (non-hydrogen) atoms. The van der Waals surface area contributed by atoms with Gasteiger partial charge in [0, 0.05) is 5.92 Å². The molecule has 2 saturated heterocycles. The number of phenolic OH excluding ortho intramolecular Hbond substituents is 1. The second-order valence-electron chi connectivity index (χ2n) is 8.92. The first kappa shape index (κ1) is 23.5. The van der Waals surface area contributed by atoms with E-state index in [4.69, 9.17) is 23.7 Å². The van der Waals surface area contributed by atoms with Crippen molar-refractivity contribution < 1.29 is 54.3 Å². The van der Waals surface area contributed by atoms with Crippen molar-refractivity contribution in [2.24, 2.45) is 11.8 Å². The molecule has 0 amide bonds. The van der Waals surface area contributed by atoms with Crippen LogP contribution in [0.15, 0.2) is 42.9 Å². The predicted octanol–water partition coefficient (Wildman–Crippen LogP) is -1.19. The summed E-state index contributed by atoms with van der Waals surface area (Å²) in [6.45, 7) is -0.899. The summed E-state index contributed by atoms with van der Waals surface area (Å²) in [5, 5.41) is 59.3. The molecule has 4 aliphatic rings. The molecule has 0 bridgehead atoms. The Kier molecular flexibility index (Phi) is 6.29. The number of benzene rings is 1. The summed E-state index contributed by atoms with van der Waals surface area (Å²) in [4.78, 5) is 0. The van der Waals surface area contributed by atoms with Crippen LogP contribution >= 0.6 is 0 Å². The number of fused-ring (bicyclic) bond motifs is 3. The van der Waals surface area contributed by atoms with E-state index in [0.29, 0.717) is 0 Å². The number of hydrogen-bond donors (Lipinski definition) is 6.